The highest BCUT2D eigenvalue weighted by Gasteiger charge is 2.27. The van der Waals surface area contributed by atoms with Crippen molar-refractivity contribution in [3.05, 3.63) is 83.3 Å². The van der Waals surface area contributed by atoms with Gasteiger partial charge in [0.2, 0.25) is 0 Å². The van der Waals surface area contributed by atoms with Crippen molar-refractivity contribution in [2.75, 3.05) is 20.2 Å². The molecule has 7 heteroatoms. The van der Waals surface area contributed by atoms with Crippen LogP contribution in [0.4, 0.5) is 0 Å². The predicted molar refractivity (Wildman–Crippen MR) is 159 cm³/mol. The molecule has 0 saturated carbocycles. The summed E-state index contributed by atoms with van der Waals surface area (Å²) in [7, 11) is 4.15. The third-order valence-corrected chi connectivity index (χ3v) is 8.17. The Morgan fingerprint density at radius 2 is 1.73 bits per heavy atom. The summed E-state index contributed by atoms with van der Waals surface area (Å²) >= 11 is 0. The van der Waals surface area contributed by atoms with Crippen LogP contribution in [0.2, 0.25) is 0 Å². The zero-order valence-electron chi connectivity index (χ0n) is 23.5. The number of rotatable bonds is 6. The van der Waals surface area contributed by atoms with Crippen molar-refractivity contribution in [2.24, 2.45) is 7.05 Å². The van der Waals surface area contributed by atoms with E-state index in [4.69, 9.17) is 9.84 Å². The third-order valence-electron chi connectivity index (χ3n) is 8.17. The summed E-state index contributed by atoms with van der Waals surface area (Å²) in [6.07, 6.45) is 3.26. The number of carboxylic acids is 1. The number of aromatic carboxylic acids is 1. The summed E-state index contributed by atoms with van der Waals surface area (Å²) in [5, 5.41) is 18.5. The standard InChI is InChI=1S/C33H36N4O3/c1-22-30-27-15-9-14-25-26(16-10-20-40-29-17-8-12-23-11-4-5-13-24(23)29)32(33(38)39)37(31(25)27)19-7-6-18-35(2)21-28(30)36(3)34-22/h4-5,8-9,11-15,17H,6-7,10,16,18-21H2,1-3H3,(H,38,39). The molecule has 0 fully saturated rings. The van der Waals surface area contributed by atoms with Crippen LogP contribution in [0, 0.1) is 6.92 Å². The zero-order chi connectivity index (χ0) is 27.8. The number of para-hydroxylation sites is 1. The van der Waals surface area contributed by atoms with Gasteiger partial charge in [0.1, 0.15) is 11.4 Å². The van der Waals surface area contributed by atoms with Gasteiger partial charge in [-0.1, -0.05) is 54.6 Å². The lowest BCUT2D eigenvalue weighted by Gasteiger charge is -2.17. The molecule has 0 atom stereocenters. The van der Waals surface area contributed by atoms with Gasteiger partial charge >= 0.3 is 5.97 Å². The minimum atomic E-state index is -0.873. The first-order valence-corrected chi connectivity index (χ1v) is 14.1. The maximum Gasteiger partial charge on any atom is 0.352 e. The minimum Gasteiger partial charge on any atom is -0.493 e. The summed E-state index contributed by atoms with van der Waals surface area (Å²) in [6.45, 7) is 4.98. The topological polar surface area (TPSA) is 72.5 Å². The maximum atomic E-state index is 12.8. The maximum absolute atomic E-state index is 12.8. The number of carboxylic acid groups (broad SMARTS) is 1. The minimum absolute atomic E-state index is 0.406. The molecule has 0 aliphatic carbocycles. The molecule has 6 rings (SSSR count). The lowest BCUT2D eigenvalue weighted by atomic mass is 9.98. The largest absolute Gasteiger partial charge is 0.493 e. The van der Waals surface area contributed by atoms with Crippen molar-refractivity contribution >= 4 is 27.6 Å². The summed E-state index contributed by atoms with van der Waals surface area (Å²) in [5.41, 5.74) is 6.60. The summed E-state index contributed by atoms with van der Waals surface area (Å²) in [4.78, 5) is 15.2. The van der Waals surface area contributed by atoms with Crippen molar-refractivity contribution < 1.29 is 14.6 Å². The monoisotopic (exact) mass is 536 g/mol. The molecule has 0 radical (unpaired) electrons. The van der Waals surface area contributed by atoms with Crippen LogP contribution < -0.4 is 4.74 Å². The number of carbonyl (C=O) groups is 1. The quantitative estimate of drug-likeness (QED) is 0.253. The first-order chi connectivity index (χ1) is 19.4. The number of fused-ring (bicyclic) bond motifs is 3. The molecular formula is C33H36N4O3. The SMILES string of the molecule is Cc1nn(C)c2c1-c1cccc3c(CCCOc4cccc5ccccc45)c(C(=O)O)n(c13)CCCCN(C)C2. The molecule has 3 aromatic carbocycles. The molecule has 206 valence electrons. The summed E-state index contributed by atoms with van der Waals surface area (Å²) < 4.78 is 10.3. The van der Waals surface area contributed by atoms with E-state index in [0.717, 1.165) is 87.9 Å². The van der Waals surface area contributed by atoms with Crippen LogP contribution in [-0.2, 0) is 26.6 Å². The molecule has 0 amide bonds. The van der Waals surface area contributed by atoms with Gasteiger partial charge in [0.15, 0.2) is 0 Å². The lowest BCUT2D eigenvalue weighted by molar-refractivity contribution is 0.0684. The second-order valence-corrected chi connectivity index (χ2v) is 10.9. The van der Waals surface area contributed by atoms with E-state index >= 15 is 0 Å². The number of aryl methyl sites for hydroxylation is 4. The second kappa shape index (κ2) is 10.8. The van der Waals surface area contributed by atoms with E-state index in [1.54, 1.807) is 0 Å². The molecule has 0 saturated heterocycles. The third kappa shape index (κ3) is 4.64. The Hall–Kier alpha value is -4.10. The van der Waals surface area contributed by atoms with E-state index in [-0.39, 0.29) is 0 Å². The van der Waals surface area contributed by atoms with E-state index in [1.807, 2.05) is 42.9 Å². The Morgan fingerprint density at radius 1 is 0.975 bits per heavy atom. The fraction of sp³-hybridized carbons (Fsp3) is 0.333. The Balaban J connectivity index is 1.40. The van der Waals surface area contributed by atoms with Gasteiger partial charge in [-0.25, -0.2) is 4.79 Å². The first-order valence-electron chi connectivity index (χ1n) is 14.1. The number of nitrogens with zero attached hydrogens (tertiary/aromatic N) is 4. The van der Waals surface area contributed by atoms with Gasteiger partial charge in [-0.15, -0.1) is 0 Å². The second-order valence-electron chi connectivity index (χ2n) is 10.9. The smallest absolute Gasteiger partial charge is 0.352 e. The summed E-state index contributed by atoms with van der Waals surface area (Å²) in [5.74, 6) is -0.0116. The number of aromatic nitrogens is 3. The molecule has 0 bridgehead atoms. The van der Waals surface area contributed by atoms with Gasteiger partial charge < -0.3 is 19.3 Å². The first kappa shape index (κ1) is 26.1. The van der Waals surface area contributed by atoms with Gasteiger partial charge in [0.25, 0.3) is 0 Å². The van der Waals surface area contributed by atoms with Crippen molar-refractivity contribution in [3.8, 4) is 16.9 Å². The van der Waals surface area contributed by atoms with Crippen LogP contribution in [0.25, 0.3) is 32.8 Å². The highest BCUT2D eigenvalue weighted by molar-refractivity contribution is 6.04. The van der Waals surface area contributed by atoms with Gasteiger partial charge in [-0.3, -0.25) is 4.68 Å². The fourth-order valence-corrected chi connectivity index (χ4v) is 6.38. The highest BCUT2D eigenvalue weighted by atomic mass is 16.5. The highest BCUT2D eigenvalue weighted by Crippen LogP contribution is 2.39. The average molecular weight is 537 g/mol. The van der Waals surface area contributed by atoms with Crippen LogP contribution >= 0.6 is 0 Å². The number of benzene rings is 3. The molecule has 1 aliphatic heterocycles. The van der Waals surface area contributed by atoms with Crippen LogP contribution in [0.15, 0.2) is 60.7 Å². The van der Waals surface area contributed by atoms with Gasteiger partial charge in [-0.2, -0.15) is 5.10 Å². The predicted octanol–water partition coefficient (Wildman–Crippen LogP) is 6.44. The average Bonchev–Trinajstić information content (AvgIpc) is 3.40. The molecule has 1 aliphatic rings. The molecular weight excluding hydrogens is 500 g/mol. The van der Waals surface area contributed by atoms with E-state index in [0.29, 0.717) is 25.3 Å². The van der Waals surface area contributed by atoms with E-state index in [9.17, 15) is 9.90 Å². The van der Waals surface area contributed by atoms with Crippen molar-refractivity contribution in [1.29, 1.82) is 0 Å². The molecule has 0 spiro atoms. The molecule has 5 aromatic rings. The molecule has 2 aromatic heterocycles. The van der Waals surface area contributed by atoms with Crippen LogP contribution in [0.5, 0.6) is 5.75 Å². The van der Waals surface area contributed by atoms with E-state index < -0.39 is 5.97 Å². The number of hydrogen-bond acceptors (Lipinski definition) is 4. The molecule has 1 N–H and O–H groups in total. The molecule has 3 heterocycles. The Kier molecular flexibility index (Phi) is 7.07. The Bertz CT molecular complexity index is 1710. The normalized spacial score (nSPS) is 14.3. The van der Waals surface area contributed by atoms with Crippen molar-refractivity contribution in [1.82, 2.24) is 19.2 Å². The molecule has 7 nitrogen and oxygen atoms in total. The molecule has 40 heavy (non-hydrogen) atoms. The molecule has 0 unspecified atom stereocenters. The van der Waals surface area contributed by atoms with E-state index in [2.05, 4.69) is 52.9 Å². The summed E-state index contributed by atoms with van der Waals surface area (Å²) in [6, 6.07) is 20.6. The van der Waals surface area contributed by atoms with Crippen molar-refractivity contribution in [3.63, 3.8) is 0 Å². The zero-order valence-corrected chi connectivity index (χ0v) is 23.5. The Labute approximate surface area is 234 Å². The Morgan fingerprint density at radius 3 is 2.58 bits per heavy atom. The number of ether oxygens (including phenoxy) is 1. The van der Waals surface area contributed by atoms with E-state index in [1.165, 1.54) is 0 Å². The number of hydrogen-bond donors (Lipinski definition) is 1. The van der Waals surface area contributed by atoms with Crippen LogP contribution in [-0.4, -0.2) is 50.5 Å². The van der Waals surface area contributed by atoms with Crippen LogP contribution in [0.3, 0.4) is 0 Å². The van der Waals surface area contributed by atoms with Crippen LogP contribution in [0.1, 0.15) is 46.7 Å². The van der Waals surface area contributed by atoms with Gasteiger partial charge in [0, 0.05) is 42.0 Å². The van der Waals surface area contributed by atoms with Gasteiger partial charge in [0.05, 0.1) is 23.5 Å². The van der Waals surface area contributed by atoms with Gasteiger partial charge in [-0.05, 0) is 63.2 Å². The fourth-order valence-electron chi connectivity index (χ4n) is 6.38. The lowest BCUT2D eigenvalue weighted by Crippen LogP contribution is -2.21. The van der Waals surface area contributed by atoms with Crippen molar-refractivity contribution in [2.45, 2.75) is 45.7 Å².